The van der Waals surface area contributed by atoms with Gasteiger partial charge in [-0.15, -0.1) is 11.8 Å². The van der Waals surface area contributed by atoms with Crippen LogP contribution in [0.25, 0.3) is 0 Å². The molecule has 0 saturated carbocycles. The Morgan fingerprint density at radius 2 is 2.17 bits per heavy atom. The molecule has 6 heteroatoms. The Balaban J connectivity index is 1.93. The van der Waals surface area contributed by atoms with Crippen molar-refractivity contribution >= 4 is 29.3 Å². The summed E-state index contributed by atoms with van der Waals surface area (Å²) in [5.74, 6) is -0.384. The predicted molar refractivity (Wildman–Crippen MR) is 97.5 cm³/mol. The number of nitrogens with one attached hydrogen (secondary N) is 1. The van der Waals surface area contributed by atoms with Crippen LogP contribution in [0.3, 0.4) is 0 Å². The maximum Gasteiger partial charge on any atom is 0.303 e. The topological polar surface area (TPSA) is 69.6 Å². The fourth-order valence-corrected chi connectivity index (χ4v) is 3.72. The van der Waals surface area contributed by atoms with Crippen LogP contribution >= 0.6 is 11.8 Å². The molecule has 1 aromatic rings. The third-order valence-corrected chi connectivity index (χ3v) is 5.40. The van der Waals surface area contributed by atoms with E-state index in [1.807, 2.05) is 37.4 Å². The van der Waals surface area contributed by atoms with Crippen molar-refractivity contribution in [3.8, 4) is 0 Å². The quantitative estimate of drug-likeness (QED) is 0.738. The molecule has 1 saturated heterocycles. The Labute approximate surface area is 147 Å². The molecule has 24 heavy (non-hydrogen) atoms. The lowest BCUT2D eigenvalue weighted by Crippen LogP contribution is -2.47. The van der Waals surface area contributed by atoms with Gasteiger partial charge in [0.1, 0.15) is 0 Å². The van der Waals surface area contributed by atoms with Gasteiger partial charge in [0.15, 0.2) is 0 Å². The van der Waals surface area contributed by atoms with E-state index < -0.39 is 5.97 Å². The first kappa shape index (κ1) is 18.8. The smallest absolute Gasteiger partial charge is 0.303 e. The van der Waals surface area contributed by atoms with Gasteiger partial charge < -0.3 is 10.4 Å². The molecule has 0 spiro atoms. The summed E-state index contributed by atoms with van der Waals surface area (Å²) >= 11 is 1.61. The van der Waals surface area contributed by atoms with E-state index in [1.54, 1.807) is 11.8 Å². The number of anilines is 1. The summed E-state index contributed by atoms with van der Waals surface area (Å²) in [7, 11) is 0. The molecule has 1 aromatic carbocycles. The Kier molecular flexibility index (Phi) is 7.12. The molecule has 1 aliphatic heterocycles. The first-order valence-electron chi connectivity index (χ1n) is 8.41. The predicted octanol–water partition coefficient (Wildman–Crippen LogP) is 3.31. The van der Waals surface area contributed by atoms with Crippen LogP contribution in [-0.4, -0.2) is 47.3 Å². The number of amides is 1. The maximum atomic E-state index is 12.6. The molecular weight excluding hydrogens is 324 g/mol. The van der Waals surface area contributed by atoms with Crippen LogP contribution in [-0.2, 0) is 9.59 Å². The monoisotopic (exact) mass is 350 g/mol. The van der Waals surface area contributed by atoms with Crippen molar-refractivity contribution < 1.29 is 14.7 Å². The molecule has 0 aliphatic carbocycles. The number of hydrogen-bond donors (Lipinski definition) is 2. The van der Waals surface area contributed by atoms with Gasteiger partial charge in [-0.2, -0.15) is 0 Å². The van der Waals surface area contributed by atoms with Gasteiger partial charge in [-0.05, 0) is 57.0 Å². The van der Waals surface area contributed by atoms with Gasteiger partial charge in [-0.3, -0.25) is 14.5 Å². The third-order valence-electron chi connectivity index (χ3n) is 4.61. The summed E-state index contributed by atoms with van der Waals surface area (Å²) in [6.07, 6.45) is 4.96. The van der Waals surface area contributed by atoms with Crippen LogP contribution in [0.15, 0.2) is 29.2 Å². The molecule has 2 atom stereocenters. The second kappa shape index (κ2) is 9.08. The van der Waals surface area contributed by atoms with Crippen molar-refractivity contribution in [1.82, 2.24) is 4.90 Å². The number of thioether (sulfide) groups is 1. The zero-order valence-corrected chi connectivity index (χ0v) is 15.1. The number of nitrogens with zero attached hydrogens (tertiary/aromatic N) is 1. The molecule has 132 valence electrons. The molecule has 1 fully saturated rings. The SMILES string of the molecule is CSc1ccccc1NC(=O)C(C)N1CCCC(CCC(=O)O)C1. The average Bonchev–Trinajstić information content (AvgIpc) is 2.60. The van der Waals surface area contributed by atoms with Crippen molar-refractivity contribution in [3.63, 3.8) is 0 Å². The molecule has 0 aromatic heterocycles. The van der Waals surface area contributed by atoms with Gasteiger partial charge in [0.25, 0.3) is 0 Å². The van der Waals surface area contributed by atoms with Gasteiger partial charge in [0.05, 0.1) is 11.7 Å². The zero-order chi connectivity index (χ0) is 17.5. The standard InChI is InChI=1S/C18H26N2O3S/c1-13(18(23)19-15-7-3-4-8-16(15)24-2)20-11-5-6-14(12-20)9-10-17(21)22/h3-4,7-8,13-14H,5-6,9-12H2,1-2H3,(H,19,23)(H,21,22). The van der Waals surface area contributed by atoms with Crippen molar-refractivity contribution in [2.75, 3.05) is 24.7 Å². The highest BCUT2D eigenvalue weighted by molar-refractivity contribution is 7.98. The van der Waals surface area contributed by atoms with E-state index in [0.717, 1.165) is 36.5 Å². The van der Waals surface area contributed by atoms with Gasteiger partial charge >= 0.3 is 5.97 Å². The van der Waals surface area contributed by atoms with Gasteiger partial charge in [-0.1, -0.05) is 12.1 Å². The number of benzene rings is 1. The minimum Gasteiger partial charge on any atom is -0.481 e. The molecule has 1 heterocycles. The Hall–Kier alpha value is -1.53. The summed E-state index contributed by atoms with van der Waals surface area (Å²) < 4.78 is 0. The summed E-state index contributed by atoms with van der Waals surface area (Å²) in [6.45, 7) is 3.62. The molecule has 2 N–H and O–H groups in total. The second-order valence-electron chi connectivity index (χ2n) is 6.30. The summed E-state index contributed by atoms with van der Waals surface area (Å²) in [4.78, 5) is 26.6. The summed E-state index contributed by atoms with van der Waals surface area (Å²) in [5, 5.41) is 11.9. The lowest BCUT2D eigenvalue weighted by atomic mass is 9.92. The Morgan fingerprint density at radius 1 is 1.42 bits per heavy atom. The molecule has 5 nitrogen and oxygen atoms in total. The van der Waals surface area contributed by atoms with E-state index in [2.05, 4.69) is 10.2 Å². The largest absolute Gasteiger partial charge is 0.481 e. The lowest BCUT2D eigenvalue weighted by Gasteiger charge is -2.36. The van der Waals surface area contributed by atoms with Crippen molar-refractivity contribution in [1.29, 1.82) is 0 Å². The molecular formula is C18H26N2O3S. The van der Waals surface area contributed by atoms with Crippen LogP contribution in [0.1, 0.15) is 32.6 Å². The van der Waals surface area contributed by atoms with Gasteiger partial charge in [0.2, 0.25) is 5.91 Å². The number of para-hydroxylation sites is 1. The molecule has 2 rings (SSSR count). The number of likely N-dealkylation sites (tertiary alicyclic amines) is 1. The van der Waals surface area contributed by atoms with Crippen LogP contribution in [0.4, 0.5) is 5.69 Å². The summed E-state index contributed by atoms with van der Waals surface area (Å²) in [6, 6.07) is 7.58. The van der Waals surface area contributed by atoms with E-state index in [-0.39, 0.29) is 18.4 Å². The van der Waals surface area contributed by atoms with Gasteiger partial charge in [-0.25, -0.2) is 0 Å². The van der Waals surface area contributed by atoms with E-state index in [4.69, 9.17) is 5.11 Å². The Bertz CT molecular complexity index is 579. The first-order valence-corrected chi connectivity index (χ1v) is 9.63. The molecule has 1 aliphatic rings. The van der Waals surface area contributed by atoms with E-state index in [0.29, 0.717) is 12.3 Å². The number of carbonyl (C=O) groups excluding carboxylic acids is 1. The highest BCUT2D eigenvalue weighted by Crippen LogP contribution is 2.26. The molecule has 0 radical (unpaired) electrons. The van der Waals surface area contributed by atoms with E-state index >= 15 is 0 Å². The number of carbonyl (C=O) groups is 2. The average molecular weight is 350 g/mol. The summed E-state index contributed by atoms with van der Waals surface area (Å²) in [5.41, 5.74) is 0.848. The number of aliphatic carboxylic acids is 1. The highest BCUT2D eigenvalue weighted by Gasteiger charge is 2.27. The van der Waals surface area contributed by atoms with E-state index in [9.17, 15) is 9.59 Å². The van der Waals surface area contributed by atoms with Crippen molar-refractivity contribution in [3.05, 3.63) is 24.3 Å². The van der Waals surface area contributed by atoms with Crippen molar-refractivity contribution in [2.24, 2.45) is 5.92 Å². The van der Waals surface area contributed by atoms with Crippen LogP contribution in [0, 0.1) is 5.92 Å². The van der Waals surface area contributed by atoms with Crippen molar-refractivity contribution in [2.45, 2.75) is 43.5 Å². The minimum atomic E-state index is -0.744. The zero-order valence-electron chi connectivity index (χ0n) is 14.3. The first-order chi connectivity index (χ1) is 11.5. The number of piperidine rings is 1. The fourth-order valence-electron chi connectivity index (χ4n) is 3.16. The lowest BCUT2D eigenvalue weighted by molar-refractivity contribution is -0.137. The molecule has 1 amide bonds. The molecule has 0 bridgehead atoms. The number of rotatable bonds is 7. The highest BCUT2D eigenvalue weighted by atomic mass is 32.2. The number of carboxylic acid groups (broad SMARTS) is 1. The fraction of sp³-hybridized carbons (Fsp3) is 0.556. The van der Waals surface area contributed by atoms with Crippen LogP contribution in [0.5, 0.6) is 0 Å². The second-order valence-corrected chi connectivity index (χ2v) is 7.15. The van der Waals surface area contributed by atoms with Crippen LogP contribution < -0.4 is 5.32 Å². The minimum absolute atomic E-state index is 0.00427. The molecule has 2 unspecified atom stereocenters. The third kappa shape index (κ3) is 5.24. The normalized spacial score (nSPS) is 19.7. The number of carboxylic acids is 1. The maximum absolute atomic E-state index is 12.6. The van der Waals surface area contributed by atoms with Crippen LogP contribution in [0.2, 0.25) is 0 Å². The van der Waals surface area contributed by atoms with E-state index in [1.165, 1.54) is 0 Å². The number of hydrogen-bond acceptors (Lipinski definition) is 4. The van der Waals surface area contributed by atoms with Gasteiger partial charge in [0, 0.05) is 17.9 Å². The Morgan fingerprint density at radius 3 is 2.88 bits per heavy atom.